The first kappa shape index (κ1) is 14.9. The van der Waals surface area contributed by atoms with Crippen molar-refractivity contribution in [3.8, 4) is 0 Å². The minimum absolute atomic E-state index is 0.0186. The van der Waals surface area contributed by atoms with E-state index >= 15 is 0 Å². The summed E-state index contributed by atoms with van der Waals surface area (Å²) < 4.78 is 0. The molecule has 2 N–H and O–H groups in total. The van der Waals surface area contributed by atoms with Crippen LogP contribution in [0, 0.1) is 11.3 Å². The summed E-state index contributed by atoms with van der Waals surface area (Å²) in [6, 6.07) is 0.0945. The average molecular weight is 229 g/mol. The predicted molar refractivity (Wildman–Crippen MR) is 63.1 cm³/mol. The molecule has 0 aliphatic heterocycles. The van der Waals surface area contributed by atoms with Crippen LogP contribution in [0.1, 0.15) is 47.5 Å². The van der Waals surface area contributed by atoms with Gasteiger partial charge in [0.05, 0.1) is 5.41 Å². The Bertz CT molecular complexity index is 259. The molecule has 0 heterocycles. The van der Waals surface area contributed by atoms with Crippen molar-refractivity contribution >= 4 is 11.9 Å². The van der Waals surface area contributed by atoms with Crippen LogP contribution in [-0.4, -0.2) is 23.0 Å². The summed E-state index contributed by atoms with van der Waals surface area (Å²) in [6.07, 6.45) is 0.921. The van der Waals surface area contributed by atoms with Crippen molar-refractivity contribution in [1.29, 1.82) is 0 Å². The summed E-state index contributed by atoms with van der Waals surface area (Å²) in [7, 11) is 0. The van der Waals surface area contributed by atoms with Gasteiger partial charge in [-0.3, -0.25) is 9.59 Å². The van der Waals surface area contributed by atoms with Crippen LogP contribution in [0.2, 0.25) is 0 Å². The molecule has 0 aromatic carbocycles. The van der Waals surface area contributed by atoms with Gasteiger partial charge in [0.1, 0.15) is 0 Å². The van der Waals surface area contributed by atoms with Gasteiger partial charge in [-0.2, -0.15) is 0 Å². The van der Waals surface area contributed by atoms with Gasteiger partial charge >= 0.3 is 5.97 Å². The number of rotatable bonds is 6. The lowest BCUT2D eigenvalue weighted by Gasteiger charge is -2.21. The van der Waals surface area contributed by atoms with Gasteiger partial charge in [0, 0.05) is 12.5 Å². The molecule has 0 fully saturated rings. The number of amides is 1. The molecule has 0 aliphatic rings. The molecule has 1 unspecified atom stereocenters. The molecule has 1 atom stereocenters. The highest BCUT2D eigenvalue weighted by molar-refractivity contribution is 5.84. The summed E-state index contributed by atoms with van der Waals surface area (Å²) in [4.78, 5) is 22.4. The molecule has 0 bridgehead atoms. The second kappa shape index (κ2) is 5.87. The molecule has 4 heteroatoms. The van der Waals surface area contributed by atoms with Gasteiger partial charge in [-0.15, -0.1) is 0 Å². The standard InChI is InChI=1S/C12H23NO3/c1-8(2)6-9(3)13-10(14)7-12(4,5)11(15)16/h8-9H,6-7H2,1-5H3,(H,13,14)(H,15,16). The van der Waals surface area contributed by atoms with Crippen LogP contribution in [0.3, 0.4) is 0 Å². The lowest BCUT2D eigenvalue weighted by Crippen LogP contribution is -2.38. The van der Waals surface area contributed by atoms with Crippen LogP contribution in [-0.2, 0) is 9.59 Å². The van der Waals surface area contributed by atoms with Crippen molar-refractivity contribution in [2.45, 2.75) is 53.5 Å². The van der Waals surface area contributed by atoms with Crippen LogP contribution in [0.25, 0.3) is 0 Å². The zero-order valence-electron chi connectivity index (χ0n) is 10.8. The van der Waals surface area contributed by atoms with E-state index < -0.39 is 11.4 Å². The number of carbonyl (C=O) groups excluding carboxylic acids is 1. The van der Waals surface area contributed by atoms with Gasteiger partial charge < -0.3 is 10.4 Å². The summed E-state index contributed by atoms with van der Waals surface area (Å²) >= 11 is 0. The Balaban J connectivity index is 4.14. The second-order valence-corrected chi connectivity index (χ2v) is 5.46. The Hall–Kier alpha value is -1.06. The third kappa shape index (κ3) is 5.73. The first-order chi connectivity index (χ1) is 7.15. The van der Waals surface area contributed by atoms with Gasteiger partial charge in [-0.1, -0.05) is 13.8 Å². The van der Waals surface area contributed by atoms with E-state index in [-0.39, 0.29) is 18.4 Å². The smallest absolute Gasteiger partial charge is 0.309 e. The first-order valence-corrected chi connectivity index (χ1v) is 5.68. The van der Waals surface area contributed by atoms with Crippen LogP contribution in [0.15, 0.2) is 0 Å². The Morgan fingerprint density at radius 3 is 2.12 bits per heavy atom. The number of nitrogens with one attached hydrogen (secondary N) is 1. The molecular formula is C12H23NO3. The van der Waals surface area contributed by atoms with Crippen LogP contribution < -0.4 is 5.32 Å². The number of carboxylic acids is 1. The van der Waals surface area contributed by atoms with E-state index in [4.69, 9.17) is 5.11 Å². The van der Waals surface area contributed by atoms with Crippen molar-refractivity contribution in [1.82, 2.24) is 5.32 Å². The number of carbonyl (C=O) groups is 2. The Kier molecular flexibility index (Phi) is 5.48. The largest absolute Gasteiger partial charge is 0.481 e. The van der Waals surface area contributed by atoms with Gasteiger partial charge in [-0.05, 0) is 33.1 Å². The minimum Gasteiger partial charge on any atom is -0.481 e. The van der Waals surface area contributed by atoms with Crippen LogP contribution in [0.4, 0.5) is 0 Å². The maximum absolute atomic E-state index is 11.6. The molecule has 0 aromatic rings. The Morgan fingerprint density at radius 2 is 1.75 bits per heavy atom. The van der Waals surface area contributed by atoms with Crippen molar-refractivity contribution in [2.75, 3.05) is 0 Å². The Labute approximate surface area is 97.4 Å². The minimum atomic E-state index is -0.998. The predicted octanol–water partition coefficient (Wildman–Crippen LogP) is 2.04. The number of aliphatic carboxylic acids is 1. The molecule has 16 heavy (non-hydrogen) atoms. The molecule has 0 spiro atoms. The van der Waals surface area contributed by atoms with Gasteiger partial charge in [0.25, 0.3) is 0 Å². The lowest BCUT2D eigenvalue weighted by atomic mass is 9.89. The second-order valence-electron chi connectivity index (χ2n) is 5.46. The van der Waals surface area contributed by atoms with Crippen molar-refractivity contribution < 1.29 is 14.7 Å². The number of hydrogen-bond donors (Lipinski definition) is 2. The molecule has 0 rings (SSSR count). The summed E-state index contributed by atoms with van der Waals surface area (Å²) in [5, 5.41) is 11.7. The third-order valence-electron chi connectivity index (χ3n) is 2.41. The first-order valence-electron chi connectivity index (χ1n) is 5.68. The molecule has 94 valence electrons. The van der Waals surface area contributed by atoms with E-state index in [1.54, 1.807) is 13.8 Å². The highest BCUT2D eigenvalue weighted by Crippen LogP contribution is 2.20. The number of hydrogen-bond acceptors (Lipinski definition) is 2. The van der Waals surface area contributed by atoms with E-state index in [1.807, 2.05) is 6.92 Å². The molecule has 0 radical (unpaired) electrons. The zero-order chi connectivity index (χ0) is 12.9. The molecule has 0 saturated carbocycles. The maximum atomic E-state index is 11.6. The normalized spacial score (nSPS) is 13.6. The summed E-state index contributed by atoms with van der Waals surface area (Å²) in [6.45, 7) is 9.23. The average Bonchev–Trinajstić information content (AvgIpc) is 1.99. The zero-order valence-corrected chi connectivity index (χ0v) is 10.8. The summed E-state index contributed by atoms with van der Waals surface area (Å²) in [5.74, 6) is -0.623. The maximum Gasteiger partial charge on any atom is 0.309 e. The van der Waals surface area contributed by atoms with Gasteiger partial charge in [-0.25, -0.2) is 0 Å². The molecular weight excluding hydrogens is 206 g/mol. The Morgan fingerprint density at radius 1 is 1.25 bits per heavy atom. The van der Waals surface area contributed by atoms with Crippen LogP contribution in [0.5, 0.6) is 0 Å². The van der Waals surface area contributed by atoms with Crippen LogP contribution >= 0.6 is 0 Å². The fourth-order valence-electron chi connectivity index (χ4n) is 1.57. The summed E-state index contributed by atoms with van der Waals surface area (Å²) in [5.41, 5.74) is -0.998. The van der Waals surface area contributed by atoms with Crippen molar-refractivity contribution in [2.24, 2.45) is 11.3 Å². The molecule has 1 amide bonds. The van der Waals surface area contributed by atoms with Crippen molar-refractivity contribution in [3.05, 3.63) is 0 Å². The quantitative estimate of drug-likeness (QED) is 0.732. The fourth-order valence-corrected chi connectivity index (χ4v) is 1.57. The van der Waals surface area contributed by atoms with Crippen molar-refractivity contribution in [3.63, 3.8) is 0 Å². The van der Waals surface area contributed by atoms with Gasteiger partial charge in [0.15, 0.2) is 0 Å². The molecule has 0 saturated heterocycles. The highest BCUT2D eigenvalue weighted by Gasteiger charge is 2.30. The highest BCUT2D eigenvalue weighted by atomic mass is 16.4. The van der Waals surface area contributed by atoms with E-state index in [2.05, 4.69) is 19.2 Å². The monoisotopic (exact) mass is 229 g/mol. The fraction of sp³-hybridized carbons (Fsp3) is 0.833. The molecule has 0 aromatic heterocycles. The van der Waals surface area contributed by atoms with Gasteiger partial charge in [0.2, 0.25) is 5.91 Å². The van der Waals surface area contributed by atoms with E-state index in [0.29, 0.717) is 5.92 Å². The lowest BCUT2D eigenvalue weighted by molar-refractivity contribution is -0.149. The van der Waals surface area contributed by atoms with E-state index in [9.17, 15) is 9.59 Å². The molecule has 0 aliphatic carbocycles. The van der Waals surface area contributed by atoms with E-state index in [1.165, 1.54) is 0 Å². The third-order valence-corrected chi connectivity index (χ3v) is 2.41. The topological polar surface area (TPSA) is 66.4 Å². The number of carboxylic acid groups (broad SMARTS) is 1. The molecule has 4 nitrogen and oxygen atoms in total. The van der Waals surface area contributed by atoms with E-state index in [0.717, 1.165) is 6.42 Å². The SMILES string of the molecule is CC(C)CC(C)NC(=O)CC(C)(C)C(=O)O.